The van der Waals surface area contributed by atoms with Gasteiger partial charge in [-0.25, -0.2) is 0 Å². The Morgan fingerprint density at radius 2 is 1.59 bits per heavy atom. The lowest BCUT2D eigenvalue weighted by Gasteiger charge is -2.36. The third kappa shape index (κ3) is 4.40. The van der Waals surface area contributed by atoms with E-state index in [-0.39, 0.29) is 5.91 Å². The van der Waals surface area contributed by atoms with Gasteiger partial charge in [-0.2, -0.15) is 0 Å². The van der Waals surface area contributed by atoms with Crippen molar-refractivity contribution in [2.75, 3.05) is 36.4 Å². The average Bonchev–Trinajstić information content (AvgIpc) is 3.35. The van der Waals surface area contributed by atoms with Crippen LogP contribution in [0.3, 0.4) is 0 Å². The molecule has 1 aromatic rings. The number of aryl methyl sites for hydroxylation is 2. The van der Waals surface area contributed by atoms with Gasteiger partial charge in [-0.3, -0.25) is 14.4 Å². The zero-order valence-electron chi connectivity index (χ0n) is 18.8. The number of piperidine rings is 1. The van der Waals surface area contributed by atoms with Crippen molar-refractivity contribution in [2.24, 2.45) is 5.92 Å². The second kappa shape index (κ2) is 9.22. The predicted molar refractivity (Wildman–Crippen MR) is 124 cm³/mol. The second-order valence-corrected chi connectivity index (χ2v) is 9.87. The van der Waals surface area contributed by atoms with E-state index >= 15 is 0 Å². The molecule has 32 heavy (non-hydrogen) atoms. The molecule has 0 radical (unpaired) electrons. The summed E-state index contributed by atoms with van der Waals surface area (Å²) in [5, 5.41) is 5.64. The molecule has 4 aliphatic rings. The van der Waals surface area contributed by atoms with Crippen molar-refractivity contribution >= 4 is 29.1 Å². The molecule has 0 aromatic heterocycles. The molecule has 0 atom stereocenters. The average molecular weight is 439 g/mol. The van der Waals surface area contributed by atoms with Crippen molar-refractivity contribution in [3.05, 3.63) is 23.3 Å². The minimum atomic E-state index is -0.611. The van der Waals surface area contributed by atoms with Gasteiger partial charge in [0.1, 0.15) is 0 Å². The third-order valence-electron chi connectivity index (χ3n) is 7.78. The lowest BCUT2D eigenvalue weighted by atomic mass is 9.91. The van der Waals surface area contributed by atoms with Gasteiger partial charge in [0.15, 0.2) is 0 Å². The number of nitrogens with zero attached hydrogens (tertiary/aromatic N) is 2. The number of hydrogen-bond donors (Lipinski definition) is 2. The van der Waals surface area contributed by atoms with Crippen molar-refractivity contribution in [3.8, 4) is 0 Å². The zero-order valence-corrected chi connectivity index (χ0v) is 18.8. The lowest BCUT2D eigenvalue weighted by molar-refractivity contribution is -0.136. The molecule has 2 N–H and O–H groups in total. The summed E-state index contributed by atoms with van der Waals surface area (Å²) in [5.41, 5.74) is 3.86. The Bertz CT molecular complexity index is 883. The maximum atomic E-state index is 12.5. The van der Waals surface area contributed by atoms with E-state index in [1.165, 1.54) is 25.7 Å². The smallest absolute Gasteiger partial charge is 0.313 e. The molecule has 0 unspecified atom stereocenters. The number of likely N-dealkylation sites (tertiary alicyclic amines) is 1. The maximum absolute atomic E-state index is 12.5. The van der Waals surface area contributed by atoms with Crippen molar-refractivity contribution in [3.63, 3.8) is 0 Å². The SMILES string of the molecule is O=C(NCC1CCN(C2CCCC2)CC1)C(=O)Nc1cc2c3c(c1)CCC(=O)N3CCC2. The zero-order chi connectivity index (χ0) is 22.1. The fraction of sp³-hybridized carbons (Fsp3) is 0.640. The molecule has 0 spiro atoms. The van der Waals surface area contributed by atoms with Gasteiger partial charge in [0.2, 0.25) is 5.91 Å². The summed E-state index contributed by atoms with van der Waals surface area (Å²) < 4.78 is 0. The first-order chi connectivity index (χ1) is 15.6. The highest BCUT2D eigenvalue weighted by molar-refractivity contribution is 6.39. The largest absolute Gasteiger partial charge is 0.348 e. The monoisotopic (exact) mass is 438 g/mol. The van der Waals surface area contributed by atoms with E-state index in [4.69, 9.17) is 0 Å². The molecule has 5 rings (SSSR count). The van der Waals surface area contributed by atoms with E-state index in [2.05, 4.69) is 15.5 Å². The molecule has 3 aliphatic heterocycles. The van der Waals surface area contributed by atoms with E-state index in [0.29, 0.717) is 31.0 Å². The topological polar surface area (TPSA) is 81.8 Å². The van der Waals surface area contributed by atoms with Crippen LogP contribution in [0.2, 0.25) is 0 Å². The molecule has 3 heterocycles. The summed E-state index contributed by atoms with van der Waals surface area (Å²) >= 11 is 0. The Labute approximate surface area is 189 Å². The normalized spacial score (nSPS) is 22.0. The van der Waals surface area contributed by atoms with Crippen molar-refractivity contribution in [1.29, 1.82) is 0 Å². The van der Waals surface area contributed by atoms with Crippen LogP contribution in [-0.4, -0.2) is 54.8 Å². The molecule has 2 fully saturated rings. The van der Waals surface area contributed by atoms with E-state index in [9.17, 15) is 14.4 Å². The van der Waals surface area contributed by atoms with Crippen LogP contribution in [0.5, 0.6) is 0 Å². The maximum Gasteiger partial charge on any atom is 0.313 e. The highest BCUT2D eigenvalue weighted by atomic mass is 16.2. The molecule has 1 aromatic carbocycles. The quantitative estimate of drug-likeness (QED) is 0.708. The van der Waals surface area contributed by atoms with Crippen molar-refractivity contribution in [1.82, 2.24) is 10.2 Å². The Morgan fingerprint density at radius 1 is 0.875 bits per heavy atom. The van der Waals surface area contributed by atoms with Crippen LogP contribution in [0.25, 0.3) is 0 Å². The molecule has 1 saturated heterocycles. The molecule has 7 heteroatoms. The van der Waals surface area contributed by atoms with E-state index < -0.39 is 11.8 Å². The van der Waals surface area contributed by atoms with Gasteiger partial charge >= 0.3 is 11.8 Å². The van der Waals surface area contributed by atoms with E-state index in [1.807, 2.05) is 17.0 Å². The summed E-state index contributed by atoms with van der Waals surface area (Å²) in [7, 11) is 0. The van der Waals surface area contributed by atoms with Crippen LogP contribution in [0, 0.1) is 5.92 Å². The fourth-order valence-electron chi connectivity index (χ4n) is 6.02. The molecular formula is C25H34N4O3. The Balaban J connectivity index is 1.13. The highest BCUT2D eigenvalue weighted by Crippen LogP contribution is 2.37. The number of amides is 3. The molecule has 1 aliphatic carbocycles. The van der Waals surface area contributed by atoms with Gasteiger partial charge in [0.25, 0.3) is 0 Å². The molecule has 0 bridgehead atoms. The fourth-order valence-corrected chi connectivity index (χ4v) is 6.02. The first-order valence-electron chi connectivity index (χ1n) is 12.4. The standard InChI is InChI=1S/C25H34N4O3/c30-22-8-7-19-15-20(14-18-4-3-11-29(22)23(18)19)27-25(32)24(31)26-16-17-9-12-28(13-10-17)21-5-1-2-6-21/h14-15,17,21H,1-13,16H2,(H,26,31)(H,27,32). The Hall–Kier alpha value is -2.41. The number of anilines is 2. The van der Waals surface area contributed by atoms with Crippen LogP contribution in [0.4, 0.5) is 11.4 Å². The van der Waals surface area contributed by atoms with Crippen molar-refractivity contribution < 1.29 is 14.4 Å². The summed E-state index contributed by atoms with van der Waals surface area (Å²) in [6.45, 7) is 3.55. The third-order valence-corrected chi connectivity index (χ3v) is 7.78. The van der Waals surface area contributed by atoms with Gasteiger partial charge in [0.05, 0.1) is 5.69 Å². The molecule has 172 valence electrons. The summed E-state index contributed by atoms with van der Waals surface area (Å²) in [4.78, 5) is 41.7. The molecule has 1 saturated carbocycles. The number of carbonyl (C=O) groups is 3. The minimum Gasteiger partial charge on any atom is -0.348 e. The van der Waals surface area contributed by atoms with E-state index in [0.717, 1.165) is 68.2 Å². The predicted octanol–water partition coefficient (Wildman–Crippen LogP) is 2.62. The number of hydrogen-bond acceptors (Lipinski definition) is 4. The minimum absolute atomic E-state index is 0.184. The van der Waals surface area contributed by atoms with Gasteiger partial charge in [-0.15, -0.1) is 0 Å². The van der Waals surface area contributed by atoms with Crippen LogP contribution in [0.1, 0.15) is 62.5 Å². The summed E-state index contributed by atoms with van der Waals surface area (Å²) in [6.07, 6.45) is 10.6. The number of rotatable bonds is 4. The summed E-state index contributed by atoms with van der Waals surface area (Å²) in [5.74, 6) is -0.545. The first-order valence-corrected chi connectivity index (χ1v) is 12.4. The number of carbonyl (C=O) groups excluding carboxylic acids is 3. The second-order valence-electron chi connectivity index (χ2n) is 9.87. The van der Waals surface area contributed by atoms with Crippen LogP contribution < -0.4 is 15.5 Å². The van der Waals surface area contributed by atoms with Crippen LogP contribution in [0.15, 0.2) is 12.1 Å². The van der Waals surface area contributed by atoms with Gasteiger partial charge < -0.3 is 20.4 Å². The molecule has 3 amide bonds. The lowest BCUT2D eigenvalue weighted by Crippen LogP contribution is -2.44. The first kappa shape index (κ1) is 21.4. The van der Waals surface area contributed by atoms with Gasteiger partial charge in [-0.05, 0) is 87.2 Å². The van der Waals surface area contributed by atoms with Crippen LogP contribution in [-0.2, 0) is 27.2 Å². The number of benzene rings is 1. The van der Waals surface area contributed by atoms with Gasteiger partial charge in [-0.1, -0.05) is 12.8 Å². The van der Waals surface area contributed by atoms with Gasteiger partial charge in [0, 0.05) is 31.2 Å². The van der Waals surface area contributed by atoms with E-state index in [1.54, 1.807) is 0 Å². The number of nitrogens with one attached hydrogen (secondary N) is 2. The molecular weight excluding hydrogens is 404 g/mol. The van der Waals surface area contributed by atoms with Crippen molar-refractivity contribution in [2.45, 2.75) is 70.3 Å². The Morgan fingerprint density at radius 3 is 2.34 bits per heavy atom. The Kier molecular flexibility index (Phi) is 6.17. The van der Waals surface area contributed by atoms with Crippen LogP contribution >= 0.6 is 0 Å². The molecule has 7 nitrogen and oxygen atoms in total. The summed E-state index contributed by atoms with van der Waals surface area (Å²) in [6, 6.07) is 4.62. The highest BCUT2D eigenvalue weighted by Gasteiger charge is 2.30.